The maximum Gasteiger partial charge on any atom is 0.313 e. The molecular formula is C17H24N2O2. The molecule has 2 atom stereocenters. The molecule has 1 aliphatic rings. The number of hydrogen-bond donors (Lipinski definition) is 2. The van der Waals surface area contributed by atoms with Gasteiger partial charge in [-0.25, -0.2) is 0 Å². The number of carbonyl (C=O) groups excluding carboxylic acids is 2. The Bertz CT molecular complexity index is 519. The minimum absolute atomic E-state index is 0.120. The predicted molar refractivity (Wildman–Crippen MR) is 84.1 cm³/mol. The number of nitrogens with one attached hydrogen (secondary N) is 2. The lowest BCUT2D eigenvalue weighted by atomic mass is 9.86. The summed E-state index contributed by atoms with van der Waals surface area (Å²) in [6.07, 6.45) is 4.41. The second-order valence-electron chi connectivity index (χ2n) is 6.06. The molecule has 4 heteroatoms. The van der Waals surface area contributed by atoms with Crippen molar-refractivity contribution in [1.29, 1.82) is 0 Å². The van der Waals surface area contributed by atoms with Gasteiger partial charge in [-0.05, 0) is 43.7 Å². The molecule has 0 bridgehead atoms. The maximum atomic E-state index is 12.1. The predicted octanol–water partition coefficient (Wildman–Crippen LogP) is 2.94. The van der Waals surface area contributed by atoms with E-state index in [0.29, 0.717) is 5.92 Å². The van der Waals surface area contributed by atoms with E-state index in [9.17, 15) is 9.59 Å². The van der Waals surface area contributed by atoms with Crippen molar-refractivity contribution < 1.29 is 9.59 Å². The summed E-state index contributed by atoms with van der Waals surface area (Å²) in [5, 5.41) is 5.61. The molecule has 2 rings (SSSR count). The lowest BCUT2D eigenvalue weighted by Gasteiger charge is -2.29. The van der Waals surface area contributed by atoms with Crippen molar-refractivity contribution in [2.24, 2.45) is 5.92 Å². The minimum atomic E-state index is -0.579. The maximum absolute atomic E-state index is 12.1. The Hall–Kier alpha value is -1.84. The van der Waals surface area contributed by atoms with Crippen LogP contribution < -0.4 is 10.6 Å². The monoisotopic (exact) mass is 288 g/mol. The summed E-state index contributed by atoms with van der Waals surface area (Å²) in [5.41, 5.74) is 2.65. The summed E-state index contributed by atoms with van der Waals surface area (Å²) in [7, 11) is 0. The topological polar surface area (TPSA) is 58.2 Å². The van der Waals surface area contributed by atoms with E-state index >= 15 is 0 Å². The first-order valence-corrected chi connectivity index (χ1v) is 7.67. The first-order valence-electron chi connectivity index (χ1n) is 7.67. The van der Waals surface area contributed by atoms with Gasteiger partial charge in [0.25, 0.3) is 0 Å². The number of rotatable bonds is 2. The molecule has 1 aromatic carbocycles. The molecule has 0 saturated heterocycles. The van der Waals surface area contributed by atoms with Crippen molar-refractivity contribution >= 4 is 17.5 Å². The Balaban J connectivity index is 1.98. The molecular weight excluding hydrogens is 264 g/mol. The van der Waals surface area contributed by atoms with Crippen molar-refractivity contribution in [2.75, 3.05) is 5.32 Å². The van der Waals surface area contributed by atoms with Crippen molar-refractivity contribution in [3.63, 3.8) is 0 Å². The van der Waals surface area contributed by atoms with E-state index in [4.69, 9.17) is 0 Å². The molecule has 0 aromatic heterocycles. The normalized spacial score (nSPS) is 21.7. The molecule has 1 aromatic rings. The molecule has 114 valence electrons. The van der Waals surface area contributed by atoms with Crippen LogP contribution in [0.3, 0.4) is 0 Å². The zero-order valence-electron chi connectivity index (χ0n) is 13.0. The molecule has 2 N–H and O–H groups in total. The largest absolute Gasteiger partial charge is 0.345 e. The van der Waals surface area contributed by atoms with E-state index in [0.717, 1.165) is 36.1 Å². The summed E-state index contributed by atoms with van der Waals surface area (Å²) in [6.45, 7) is 5.97. The van der Waals surface area contributed by atoms with Gasteiger partial charge in [0.15, 0.2) is 0 Å². The van der Waals surface area contributed by atoms with Gasteiger partial charge < -0.3 is 10.6 Å². The molecule has 0 aliphatic heterocycles. The molecule has 2 amide bonds. The second-order valence-corrected chi connectivity index (χ2v) is 6.06. The van der Waals surface area contributed by atoms with Crippen LogP contribution in [0.2, 0.25) is 0 Å². The number of amides is 2. The van der Waals surface area contributed by atoms with Crippen LogP contribution in [-0.2, 0) is 9.59 Å². The van der Waals surface area contributed by atoms with Gasteiger partial charge in [0.2, 0.25) is 0 Å². The second kappa shape index (κ2) is 6.74. The number of anilines is 1. The van der Waals surface area contributed by atoms with Crippen LogP contribution in [-0.4, -0.2) is 17.9 Å². The Morgan fingerprint density at radius 1 is 1.05 bits per heavy atom. The first-order chi connectivity index (χ1) is 9.99. The summed E-state index contributed by atoms with van der Waals surface area (Å²) in [5.74, 6) is -0.669. The average molecular weight is 288 g/mol. The Morgan fingerprint density at radius 2 is 1.67 bits per heavy atom. The molecule has 0 radical (unpaired) electrons. The van der Waals surface area contributed by atoms with Gasteiger partial charge in [-0.2, -0.15) is 0 Å². The van der Waals surface area contributed by atoms with Gasteiger partial charge in [0, 0.05) is 11.7 Å². The standard InChI is InChI=1S/C17H24N2O2/c1-11-7-4-5-10-14(11)18-16(20)17(21)19-15-12(2)8-6-9-13(15)3/h6,8-9,11,14H,4-5,7,10H2,1-3H3,(H,18,20)(H,19,21)/t11-,14-/m0/s1. The Labute approximate surface area is 126 Å². The van der Waals surface area contributed by atoms with Crippen molar-refractivity contribution in [3.05, 3.63) is 29.3 Å². The van der Waals surface area contributed by atoms with E-state index in [-0.39, 0.29) is 6.04 Å². The zero-order valence-corrected chi connectivity index (χ0v) is 13.0. The lowest BCUT2D eigenvalue weighted by Crippen LogP contribution is -2.45. The van der Waals surface area contributed by atoms with Gasteiger partial charge in [-0.1, -0.05) is 38.0 Å². The van der Waals surface area contributed by atoms with Crippen LogP contribution in [0.5, 0.6) is 0 Å². The van der Waals surface area contributed by atoms with Crippen molar-refractivity contribution in [2.45, 2.75) is 52.5 Å². The fraction of sp³-hybridized carbons (Fsp3) is 0.529. The number of aryl methyl sites for hydroxylation is 2. The molecule has 1 aliphatic carbocycles. The first kappa shape index (κ1) is 15.5. The van der Waals surface area contributed by atoms with Crippen LogP contribution in [0.25, 0.3) is 0 Å². The van der Waals surface area contributed by atoms with Gasteiger partial charge in [-0.15, -0.1) is 0 Å². The molecule has 0 unspecified atom stereocenters. The average Bonchev–Trinajstić information content (AvgIpc) is 2.45. The van der Waals surface area contributed by atoms with E-state index in [1.165, 1.54) is 6.42 Å². The molecule has 0 spiro atoms. The van der Waals surface area contributed by atoms with Gasteiger partial charge in [-0.3, -0.25) is 9.59 Å². The van der Waals surface area contributed by atoms with Crippen LogP contribution in [0.4, 0.5) is 5.69 Å². The minimum Gasteiger partial charge on any atom is -0.345 e. The fourth-order valence-electron chi connectivity index (χ4n) is 2.95. The highest BCUT2D eigenvalue weighted by atomic mass is 16.2. The quantitative estimate of drug-likeness (QED) is 0.822. The number of benzene rings is 1. The van der Waals surface area contributed by atoms with Gasteiger partial charge in [0.05, 0.1) is 0 Å². The van der Waals surface area contributed by atoms with Gasteiger partial charge in [0.1, 0.15) is 0 Å². The van der Waals surface area contributed by atoms with Crippen LogP contribution in [0, 0.1) is 19.8 Å². The Morgan fingerprint density at radius 3 is 2.29 bits per heavy atom. The smallest absolute Gasteiger partial charge is 0.313 e. The van der Waals surface area contributed by atoms with Gasteiger partial charge >= 0.3 is 11.8 Å². The highest BCUT2D eigenvalue weighted by molar-refractivity contribution is 6.39. The fourth-order valence-corrected chi connectivity index (χ4v) is 2.95. The molecule has 21 heavy (non-hydrogen) atoms. The van der Waals surface area contributed by atoms with E-state index in [1.807, 2.05) is 32.0 Å². The van der Waals surface area contributed by atoms with E-state index in [2.05, 4.69) is 17.6 Å². The zero-order chi connectivity index (χ0) is 15.4. The van der Waals surface area contributed by atoms with Crippen LogP contribution in [0.15, 0.2) is 18.2 Å². The molecule has 4 nitrogen and oxygen atoms in total. The number of hydrogen-bond acceptors (Lipinski definition) is 2. The SMILES string of the molecule is Cc1cccc(C)c1NC(=O)C(=O)N[C@H]1CCCC[C@@H]1C. The summed E-state index contributed by atoms with van der Waals surface area (Å²) >= 11 is 0. The third kappa shape index (κ3) is 3.84. The van der Waals surface area contributed by atoms with Crippen molar-refractivity contribution in [3.8, 4) is 0 Å². The highest BCUT2D eigenvalue weighted by Crippen LogP contribution is 2.24. The molecule has 1 saturated carbocycles. The Kier molecular flexibility index (Phi) is 4.99. The summed E-state index contributed by atoms with van der Waals surface area (Å²) in [4.78, 5) is 24.1. The molecule has 1 fully saturated rings. The van der Waals surface area contributed by atoms with E-state index in [1.54, 1.807) is 0 Å². The number of para-hydroxylation sites is 1. The third-order valence-electron chi connectivity index (χ3n) is 4.35. The van der Waals surface area contributed by atoms with Crippen LogP contribution in [0.1, 0.15) is 43.7 Å². The highest BCUT2D eigenvalue weighted by Gasteiger charge is 2.25. The number of carbonyl (C=O) groups is 2. The molecule has 0 heterocycles. The van der Waals surface area contributed by atoms with E-state index < -0.39 is 11.8 Å². The third-order valence-corrected chi connectivity index (χ3v) is 4.35. The summed E-state index contributed by atoms with van der Waals surface area (Å²) in [6, 6.07) is 5.90. The lowest BCUT2D eigenvalue weighted by molar-refractivity contribution is -0.137. The van der Waals surface area contributed by atoms with Crippen molar-refractivity contribution in [1.82, 2.24) is 5.32 Å². The van der Waals surface area contributed by atoms with Crippen LogP contribution >= 0.6 is 0 Å². The summed E-state index contributed by atoms with van der Waals surface area (Å²) < 4.78 is 0.